The van der Waals surface area contributed by atoms with Gasteiger partial charge < -0.3 is 15.0 Å². The van der Waals surface area contributed by atoms with Crippen LogP contribution in [0.15, 0.2) is 42.6 Å². The van der Waals surface area contributed by atoms with Gasteiger partial charge in [0.2, 0.25) is 0 Å². The second-order valence-electron chi connectivity index (χ2n) is 7.45. The molecule has 2 aromatic heterocycles. The van der Waals surface area contributed by atoms with Crippen molar-refractivity contribution in [1.82, 2.24) is 15.3 Å². The van der Waals surface area contributed by atoms with Gasteiger partial charge in [0.15, 0.2) is 0 Å². The van der Waals surface area contributed by atoms with E-state index in [1.807, 2.05) is 6.07 Å². The number of ether oxygens (including phenoxy) is 1. The van der Waals surface area contributed by atoms with Gasteiger partial charge in [-0.05, 0) is 60.7 Å². The molecule has 5 rings (SSSR count). The van der Waals surface area contributed by atoms with E-state index >= 15 is 0 Å². The molecule has 0 spiro atoms. The molecular weight excluding hydrogens is 341 g/mol. The number of rotatable bonds is 3. The first-order chi connectivity index (χ1) is 13.2. The Bertz CT molecular complexity index is 1040. The molecule has 138 valence electrons. The van der Waals surface area contributed by atoms with Crippen molar-refractivity contribution < 1.29 is 9.13 Å². The molecule has 0 aliphatic carbocycles. The second kappa shape index (κ2) is 6.50. The molecule has 1 saturated heterocycles. The summed E-state index contributed by atoms with van der Waals surface area (Å²) < 4.78 is 19.4. The molecule has 1 fully saturated rings. The summed E-state index contributed by atoms with van der Waals surface area (Å²) in [6.07, 6.45) is 8.87. The Balaban J connectivity index is 1.63. The number of benzene rings is 1. The Labute approximate surface area is 157 Å². The van der Waals surface area contributed by atoms with Gasteiger partial charge in [-0.3, -0.25) is 0 Å². The van der Waals surface area contributed by atoms with E-state index in [2.05, 4.69) is 27.4 Å². The van der Waals surface area contributed by atoms with Crippen molar-refractivity contribution >= 4 is 16.6 Å². The number of aromatic nitrogens is 2. The molecule has 5 heteroatoms. The number of methoxy groups -OCH3 is 1. The maximum atomic E-state index is 13.9. The van der Waals surface area contributed by atoms with Gasteiger partial charge in [-0.15, -0.1) is 0 Å². The lowest BCUT2D eigenvalue weighted by Crippen LogP contribution is -2.44. The average molecular weight is 363 g/mol. The Kier molecular flexibility index (Phi) is 3.97. The Morgan fingerprint density at radius 3 is 2.93 bits per heavy atom. The highest BCUT2D eigenvalue weighted by Crippen LogP contribution is 2.37. The van der Waals surface area contributed by atoms with Crippen LogP contribution in [-0.4, -0.2) is 29.2 Å². The average Bonchev–Trinajstić information content (AvgIpc) is 3.12. The zero-order valence-electron chi connectivity index (χ0n) is 15.3. The summed E-state index contributed by atoms with van der Waals surface area (Å²) in [5.41, 5.74) is 4.94. The minimum absolute atomic E-state index is 0.277. The first kappa shape index (κ1) is 16.5. The molecule has 2 unspecified atom stereocenters. The Morgan fingerprint density at radius 1 is 1.15 bits per heavy atom. The molecule has 0 amide bonds. The van der Waals surface area contributed by atoms with Crippen molar-refractivity contribution in [2.24, 2.45) is 0 Å². The fourth-order valence-corrected chi connectivity index (χ4v) is 4.45. The molecule has 2 aliphatic rings. The van der Waals surface area contributed by atoms with E-state index in [0.717, 1.165) is 34.3 Å². The number of fused-ring (bicyclic) bond motifs is 3. The minimum atomic E-state index is -0.277. The standard InChI is InChI=1S/C22H22FN3O/c1-27-21-6-5-14(23)11-18(21)17-7-8-24-22-19(17)12-20(26-22)13-9-15-3-2-4-16(10-13)25-15/h5-9,11-12,15-16,25H,2-4,10H2,1H3,(H,24,26). The van der Waals surface area contributed by atoms with Crippen LogP contribution in [0, 0.1) is 5.82 Å². The summed E-state index contributed by atoms with van der Waals surface area (Å²) in [6.45, 7) is 0. The monoisotopic (exact) mass is 363 g/mol. The molecule has 2 atom stereocenters. The topological polar surface area (TPSA) is 49.9 Å². The molecule has 3 aromatic rings. The highest BCUT2D eigenvalue weighted by Gasteiger charge is 2.26. The van der Waals surface area contributed by atoms with Crippen LogP contribution in [0.1, 0.15) is 31.4 Å². The van der Waals surface area contributed by atoms with Crippen molar-refractivity contribution in [1.29, 1.82) is 0 Å². The van der Waals surface area contributed by atoms with E-state index in [9.17, 15) is 4.39 Å². The summed E-state index contributed by atoms with van der Waals surface area (Å²) in [5, 5.41) is 4.67. The third-order valence-electron chi connectivity index (χ3n) is 5.72. The van der Waals surface area contributed by atoms with Crippen molar-refractivity contribution in [2.45, 2.75) is 37.8 Å². The van der Waals surface area contributed by atoms with E-state index in [1.165, 1.54) is 37.0 Å². The molecule has 27 heavy (non-hydrogen) atoms. The highest BCUT2D eigenvalue weighted by molar-refractivity contribution is 5.96. The van der Waals surface area contributed by atoms with E-state index < -0.39 is 0 Å². The number of piperidine rings is 1. The van der Waals surface area contributed by atoms with Crippen LogP contribution in [0.3, 0.4) is 0 Å². The fraction of sp³-hybridized carbons (Fsp3) is 0.318. The van der Waals surface area contributed by atoms with Crippen molar-refractivity contribution in [3.8, 4) is 16.9 Å². The van der Waals surface area contributed by atoms with Gasteiger partial charge in [-0.2, -0.15) is 0 Å². The molecule has 0 saturated carbocycles. The largest absolute Gasteiger partial charge is 0.496 e. The molecule has 4 nitrogen and oxygen atoms in total. The first-order valence-electron chi connectivity index (χ1n) is 9.50. The SMILES string of the molecule is COc1ccc(F)cc1-c1ccnc2[nH]c(C3=CC4CCCC(C3)N4)cc12. The van der Waals surface area contributed by atoms with Crippen LogP contribution in [0.5, 0.6) is 5.75 Å². The zero-order chi connectivity index (χ0) is 18.4. The van der Waals surface area contributed by atoms with Crippen LogP contribution in [0.2, 0.25) is 0 Å². The number of pyridine rings is 1. The quantitative estimate of drug-likeness (QED) is 0.711. The maximum absolute atomic E-state index is 13.9. The first-order valence-corrected chi connectivity index (χ1v) is 9.50. The lowest BCUT2D eigenvalue weighted by Gasteiger charge is -2.34. The van der Waals surface area contributed by atoms with Crippen LogP contribution in [0.4, 0.5) is 4.39 Å². The molecular formula is C22H22FN3O. The number of aromatic amines is 1. The van der Waals surface area contributed by atoms with Crippen LogP contribution in [-0.2, 0) is 0 Å². The zero-order valence-corrected chi connectivity index (χ0v) is 15.3. The van der Waals surface area contributed by atoms with Gasteiger partial charge in [0.1, 0.15) is 17.2 Å². The van der Waals surface area contributed by atoms with Crippen molar-refractivity contribution in [2.75, 3.05) is 7.11 Å². The number of hydrogen-bond acceptors (Lipinski definition) is 3. The fourth-order valence-electron chi connectivity index (χ4n) is 4.45. The molecule has 1 aromatic carbocycles. The minimum Gasteiger partial charge on any atom is -0.496 e. The summed E-state index contributed by atoms with van der Waals surface area (Å²) in [5.74, 6) is 0.377. The Hall–Kier alpha value is -2.66. The van der Waals surface area contributed by atoms with E-state index in [4.69, 9.17) is 4.74 Å². The smallest absolute Gasteiger partial charge is 0.138 e. The summed E-state index contributed by atoms with van der Waals surface area (Å²) in [7, 11) is 1.61. The molecule has 0 radical (unpaired) electrons. The number of nitrogens with one attached hydrogen (secondary N) is 2. The summed E-state index contributed by atoms with van der Waals surface area (Å²) >= 11 is 0. The predicted octanol–water partition coefficient (Wildman–Crippen LogP) is 4.68. The number of nitrogens with zero attached hydrogens (tertiary/aromatic N) is 1. The number of H-pyrrole nitrogens is 1. The van der Waals surface area contributed by atoms with E-state index in [-0.39, 0.29) is 5.82 Å². The second-order valence-corrected chi connectivity index (χ2v) is 7.45. The van der Waals surface area contributed by atoms with Gasteiger partial charge >= 0.3 is 0 Å². The molecule has 2 bridgehead atoms. The van der Waals surface area contributed by atoms with Crippen molar-refractivity contribution in [3.05, 3.63) is 54.1 Å². The van der Waals surface area contributed by atoms with Crippen LogP contribution >= 0.6 is 0 Å². The third-order valence-corrected chi connectivity index (χ3v) is 5.72. The maximum Gasteiger partial charge on any atom is 0.138 e. The third kappa shape index (κ3) is 2.92. The highest BCUT2D eigenvalue weighted by atomic mass is 19.1. The molecule has 2 N–H and O–H groups in total. The predicted molar refractivity (Wildman–Crippen MR) is 105 cm³/mol. The van der Waals surface area contributed by atoms with E-state index in [1.54, 1.807) is 19.4 Å². The normalized spacial score (nSPS) is 21.9. The lowest BCUT2D eigenvalue weighted by molar-refractivity contribution is 0.347. The van der Waals surface area contributed by atoms with Gasteiger partial charge in [-0.1, -0.05) is 12.5 Å². The number of hydrogen-bond donors (Lipinski definition) is 2. The van der Waals surface area contributed by atoms with Crippen molar-refractivity contribution in [3.63, 3.8) is 0 Å². The van der Waals surface area contributed by atoms with Gasteiger partial charge in [0, 0.05) is 34.9 Å². The lowest BCUT2D eigenvalue weighted by atomic mass is 9.86. The summed E-state index contributed by atoms with van der Waals surface area (Å²) in [4.78, 5) is 7.98. The van der Waals surface area contributed by atoms with Gasteiger partial charge in [-0.25, -0.2) is 9.37 Å². The summed E-state index contributed by atoms with van der Waals surface area (Å²) in [6, 6.07) is 9.70. The Morgan fingerprint density at radius 2 is 2.07 bits per heavy atom. The molecule has 2 aliphatic heterocycles. The van der Waals surface area contributed by atoms with Crippen LogP contribution < -0.4 is 10.1 Å². The van der Waals surface area contributed by atoms with Crippen LogP contribution in [0.25, 0.3) is 27.7 Å². The van der Waals surface area contributed by atoms with Gasteiger partial charge in [0.25, 0.3) is 0 Å². The van der Waals surface area contributed by atoms with Gasteiger partial charge in [0.05, 0.1) is 7.11 Å². The van der Waals surface area contributed by atoms with E-state index in [0.29, 0.717) is 17.8 Å². The molecule has 4 heterocycles. The number of halogens is 1.